The zero-order valence-corrected chi connectivity index (χ0v) is 12.5. The van der Waals surface area contributed by atoms with Crippen LogP contribution in [0.2, 0.25) is 0 Å². The molecular weight excluding hydrogens is 242 g/mol. The first-order chi connectivity index (χ1) is 8.66. The van der Waals surface area contributed by atoms with Crippen molar-refractivity contribution in [2.75, 3.05) is 6.54 Å². The lowest BCUT2D eigenvalue weighted by Gasteiger charge is -2.18. The molecule has 108 valence electrons. The van der Waals surface area contributed by atoms with Crippen LogP contribution in [0.25, 0.3) is 0 Å². The lowest BCUT2D eigenvalue weighted by molar-refractivity contribution is -0.128. The molecule has 1 atom stereocenters. The molecule has 0 rings (SSSR count). The Hall–Kier alpha value is -1.57. The molecule has 0 aliphatic rings. The smallest absolute Gasteiger partial charge is 0.225 e. The molecule has 5 heteroatoms. The molecule has 0 saturated heterocycles. The summed E-state index contributed by atoms with van der Waals surface area (Å²) in [6, 6.07) is 1.62. The fourth-order valence-corrected chi connectivity index (χ4v) is 1.44. The number of hydrogen-bond donors (Lipinski definition) is 2. The van der Waals surface area contributed by atoms with Crippen LogP contribution < -0.4 is 10.6 Å². The quantitative estimate of drug-likeness (QED) is 0.766. The molecule has 0 bridgehead atoms. The van der Waals surface area contributed by atoms with Gasteiger partial charge in [-0.15, -0.1) is 0 Å². The largest absolute Gasteiger partial charge is 0.355 e. The van der Waals surface area contributed by atoms with E-state index < -0.39 is 11.5 Å². The van der Waals surface area contributed by atoms with Crippen LogP contribution in [0.5, 0.6) is 0 Å². The average molecular weight is 267 g/mol. The van der Waals surface area contributed by atoms with E-state index in [0.29, 0.717) is 18.9 Å². The topological polar surface area (TPSA) is 82.0 Å². The van der Waals surface area contributed by atoms with Gasteiger partial charge in [-0.3, -0.25) is 9.59 Å². The molecule has 2 N–H and O–H groups in total. The number of nitrogens with zero attached hydrogens (tertiary/aromatic N) is 1. The second-order valence-corrected chi connectivity index (χ2v) is 6.13. The molecule has 0 unspecified atom stereocenters. The van der Waals surface area contributed by atoms with Gasteiger partial charge in [0.05, 0.1) is 6.07 Å². The summed E-state index contributed by atoms with van der Waals surface area (Å²) in [6.45, 7) is 9.74. The number of rotatable bonds is 6. The van der Waals surface area contributed by atoms with Gasteiger partial charge in [-0.25, -0.2) is 0 Å². The van der Waals surface area contributed by atoms with Crippen LogP contribution in [-0.4, -0.2) is 24.4 Å². The van der Waals surface area contributed by atoms with Crippen molar-refractivity contribution in [2.24, 2.45) is 11.3 Å². The Morgan fingerprint density at radius 2 is 1.84 bits per heavy atom. The summed E-state index contributed by atoms with van der Waals surface area (Å²) in [7, 11) is 0. The van der Waals surface area contributed by atoms with Crippen molar-refractivity contribution in [2.45, 2.75) is 53.5 Å². The summed E-state index contributed by atoms with van der Waals surface area (Å²) < 4.78 is 0. The average Bonchev–Trinajstić information content (AvgIpc) is 2.25. The van der Waals surface area contributed by atoms with Gasteiger partial charge in [-0.05, 0) is 12.3 Å². The molecule has 5 nitrogen and oxygen atoms in total. The van der Waals surface area contributed by atoms with Crippen molar-refractivity contribution in [1.29, 1.82) is 5.26 Å². The van der Waals surface area contributed by atoms with E-state index in [-0.39, 0.29) is 18.2 Å². The van der Waals surface area contributed by atoms with Gasteiger partial charge in [-0.2, -0.15) is 5.26 Å². The van der Waals surface area contributed by atoms with E-state index in [2.05, 4.69) is 16.7 Å². The highest BCUT2D eigenvalue weighted by atomic mass is 16.2. The van der Waals surface area contributed by atoms with E-state index in [4.69, 9.17) is 5.26 Å². The molecule has 0 spiro atoms. The SMILES string of the molecule is CC(C)C[C@@H](C#N)NC(=O)CCNC(=O)C(C)(C)C. The molecule has 0 radical (unpaired) electrons. The molecule has 0 aliphatic carbocycles. The van der Waals surface area contributed by atoms with E-state index in [1.807, 2.05) is 34.6 Å². The van der Waals surface area contributed by atoms with Gasteiger partial charge >= 0.3 is 0 Å². The third-order valence-corrected chi connectivity index (χ3v) is 2.52. The molecule has 0 aromatic rings. The highest BCUT2D eigenvalue weighted by molar-refractivity contribution is 5.82. The predicted octanol–water partition coefficient (Wildman–Crippen LogP) is 1.59. The van der Waals surface area contributed by atoms with Crippen LogP contribution in [0, 0.1) is 22.7 Å². The van der Waals surface area contributed by atoms with Gasteiger partial charge < -0.3 is 10.6 Å². The van der Waals surface area contributed by atoms with Crippen LogP contribution in [0.1, 0.15) is 47.5 Å². The predicted molar refractivity (Wildman–Crippen MR) is 74.1 cm³/mol. The molecule has 0 heterocycles. The molecule has 0 aliphatic heterocycles. The van der Waals surface area contributed by atoms with Crippen molar-refractivity contribution >= 4 is 11.8 Å². The van der Waals surface area contributed by atoms with E-state index >= 15 is 0 Å². The Labute approximate surface area is 115 Å². The Bertz CT molecular complexity index is 351. The molecular formula is C14H25N3O2. The van der Waals surface area contributed by atoms with Crippen LogP contribution >= 0.6 is 0 Å². The Balaban J connectivity index is 4.00. The second-order valence-electron chi connectivity index (χ2n) is 6.13. The van der Waals surface area contributed by atoms with Crippen molar-refractivity contribution in [3.63, 3.8) is 0 Å². The van der Waals surface area contributed by atoms with Gasteiger partial charge in [0.2, 0.25) is 11.8 Å². The molecule has 2 amide bonds. The first-order valence-corrected chi connectivity index (χ1v) is 6.64. The second kappa shape index (κ2) is 7.78. The van der Waals surface area contributed by atoms with Crippen LogP contribution in [0.4, 0.5) is 0 Å². The fourth-order valence-electron chi connectivity index (χ4n) is 1.44. The molecule has 0 saturated carbocycles. The monoisotopic (exact) mass is 267 g/mol. The summed E-state index contributed by atoms with van der Waals surface area (Å²) in [6.07, 6.45) is 0.828. The maximum Gasteiger partial charge on any atom is 0.225 e. The van der Waals surface area contributed by atoms with Crippen LogP contribution in [-0.2, 0) is 9.59 Å². The highest BCUT2D eigenvalue weighted by Crippen LogP contribution is 2.12. The first-order valence-electron chi connectivity index (χ1n) is 6.64. The summed E-state index contributed by atoms with van der Waals surface area (Å²) in [5.74, 6) is 0.0614. The number of nitrogens with one attached hydrogen (secondary N) is 2. The summed E-state index contributed by atoms with van der Waals surface area (Å²) in [4.78, 5) is 23.2. The minimum Gasteiger partial charge on any atom is -0.355 e. The maximum atomic E-state index is 11.6. The van der Waals surface area contributed by atoms with E-state index in [0.717, 1.165) is 0 Å². The highest BCUT2D eigenvalue weighted by Gasteiger charge is 2.20. The maximum absolute atomic E-state index is 11.6. The van der Waals surface area contributed by atoms with Gasteiger partial charge in [0.25, 0.3) is 0 Å². The normalized spacial score (nSPS) is 12.7. The minimum absolute atomic E-state index is 0.0840. The van der Waals surface area contributed by atoms with E-state index in [9.17, 15) is 9.59 Å². The van der Waals surface area contributed by atoms with Crippen molar-refractivity contribution in [1.82, 2.24) is 10.6 Å². The van der Waals surface area contributed by atoms with Gasteiger partial charge in [0, 0.05) is 18.4 Å². The Morgan fingerprint density at radius 1 is 1.26 bits per heavy atom. The van der Waals surface area contributed by atoms with E-state index in [1.165, 1.54) is 0 Å². The lowest BCUT2D eigenvalue weighted by atomic mass is 9.96. The molecule has 0 fully saturated rings. The molecule has 0 aromatic carbocycles. The zero-order chi connectivity index (χ0) is 15.1. The van der Waals surface area contributed by atoms with E-state index in [1.54, 1.807) is 0 Å². The van der Waals surface area contributed by atoms with Crippen LogP contribution in [0.3, 0.4) is 0 Å². The summed E-state index contributed by atoms with van der Waals surface area (Å²) in [5, 5.41) is 14.3. The third kappa shape index (κ3) is 8.20. The van der Waals surface area contributed by atoms with Gasteiger partial charge in [-0.1, -0.05) is 34.6 Å². The third-order valence-electron chi connectivity index (χ3n) is 2.52. The van der Waals surface area contributed by atoms with Crippen molar-refractivity contribution in [3.8, 4) is 6.07 Å². The lowest BCUT2D eigenvalue weighted by Crippen LogP contribution is -2.39. The molecule has 0 aromatic heterocycles. The molecule has 19 heavy (non-hydrogen) atoms. The number of carbonyl (C=O) groups is 2. The van der Waals surface area contributed by atoms with Gasteiger partial charge in [0.15, 0.2) is 0 Å². The number of carbonyl (C=O) groups excluding carboxylic acids is 2. The Morgan fingerprint density at radius 3 is 2.26 bits per heavy atom. The fraction of sp³-hybridized carbons (Fsp3) is 0.786. The number of nitriles is 1. The summed E-state index contributed by atoms with van der Waals surface area (Å²) in [5.41, 5.74) is -0.455. The standard InChI is InChI=1S/C14H25N3O2/c1-10(2)8-11(9-15)17-12(18)6-7-16-13(19)14(3,4)5/h10-11H,6-8H2,1-5H3,(H,16,19)(H,17,18)/t11-/m0/s1. The Kier molecular flexibility index (Phi) is 7.13. The number of amides is 2. The number of hydrogen-bond acceptors (Lipinski definition) is 3. The first kappa shape index (κ1) is 17.4. The van der Waals surface area contributed by atoms with Gasteiger partial charge in [0.1, 0.15) is 6.04 Å². The minimum atomic E-state index is -0.455. The van der Waals surface area contributed by atoms with Crippen molar-refractivity contribution in [3.05, 3.63) is 0 Å². The van der Waals surface area contributed by atoms with Crippen LogP contribution in [0.15, 0.2) is 0 Å². The summed E-state index contributed by atoms with van der Waals surface area (Å²) >= 11 is 0. The van der Waals surface area contributed by atoms with Crippen molar-refractivity contribution < 1.29 is 9.59 Å². The zero-order valence-electron chi connectivity index (χ0n) is 12.5.